The van der Waals surface area contributed by atoms with E-state index in [1.165, 1.54) is 12.1 Å². The highest BCUT2D eigenvalue weighted by molar-refractivity contribution is 5.85. The van der Waals surface area contributed by atoms with Crippen LogP contribution in [0.25, 0.3) is 0 Å². The van der Waals surface area contributed by atoms with E-state index >= 15 is 0 Å². The van der Waals surface area contributed by atoms with Gasteiger partial charge in [-0.3, -0.25) is 4.79 Å². The summed E-state index contributed by atoms with van der Waals surface area (Å²) >= 11 is 0. The average Bonchev–Trinajstić information content (AvgIpc) is 3.27. The van der Waals surface area contributed by atoms with Gasteiger partial charge in [0.15, 0.2) is 0 Å². The first-order valence-corrected chi connectivity index (χ1v) is 8.99. The van der Waals surface area contributed by atoms with E-state index in [9.17, 15) is 9.18 Å². The Labute approximate surface area is 142 Å². The third-order valence-corrected chi connectivity index (χ3v) is 5.84. The van der Waals surface area contributed by atoms with Crippen LogP contribution in [-0.2, 0) is 16.1 Å². The SMILES string of the molecule is O=C1N(Cc2cccc(F)c2)CC[C@]12CCN(C[C@@H]1CCOC1)C2. The zero-order valence-corrected chi connectivity index (χ0v) is 14.0. The van der Waals surface area contributed by atoms with Crippen LogP contribution < -0.4 is 0 Å². The summed E-state index contributed by atoms with van der Waals surface area (Å²) in [6.45, 7) is 5.99. The number of carbonyl (C=O) groups excluding carboxylic acids is 1. The Morgan fingerprint density at radius 3 is 2.96 bits per heavy atom. The minimum absolute atomic E-state index is 0.202. The molecule has 0 aromatic heterocycles. The Balaban J connectivity index is 1.38. The smallest absolute Gasteiger partial charge is 0.230 e. The number of likely N-dealkylation sites (tertiary alicyclic amines) is 2. The quantitative estimate of drug-likeness (QED) is 0.848. The minimum Gasteiger partial charge on any atom is -0.381 e. The van der Waals surface area contributed by atoms with Gasteiger partial charge in [0.25, 0.3) is 0 Å². The lowest BCUT2D eigenvalue weighted by Crippen LogP contribution is -2.37. The Kier molecular flexibility index (Phi) is 4.31. The molecule has 3 aliphatic rings. The largest absolute Gasteiger partial charge is 0.381 e. The van der Waals surface area contributed by atoms with Crippen LogP contribution in [0.1, 0.15) is 24.8 Å². The molecule has 4 nitrogen and oxygen atoms in total. The molecule has 0 N–H and O–H groups in total. The van der Waals surface area contributed by atoms with E-state index < -0.39 is 0 Å². The van der Waals surface area contributed by atoms with Crippen molar-refractivity contribution in [3.8, 4) is 0 Å². The standard InChI is InChI=1S/C19H25FN2O2/c20-17-3-1-2-15(10-17)12-22-8-6-19(18(22)23)5-7-21(14-19)11-16-4-9-24-13-16/h1-3,10,16H,4-9,11-14H2/t16-,19-/m0/s1. The molecule has 3 aliphatic heterocycles. The van der Waals surface area contributed by atoms with Gasteiger partial charge < -0.3 is 14.5 Å². The van der Waals surface area contributed by atoms with Gasteiger partial charge in [0.1, 0.15) is 5.82 Å². The average molecular weight is 332 g/mol. The Morgan fingerprint density at radius 1 is 1.29 bits per heavy atom. The first kappa shape index (κ1) is 16.0. The lowest BCUT2D eigenvalue weighted by Gasteiger charge is -2.25. The van der Waals surface area contributed by atoms with Crippen LogP contribution in [0.15, 0.2) is 24.3 Å². The summed E-state index contributed by atoms with van der Waals surface area (Å²) in [7, 11) is 0. The Bertz CT molecular complexity index is 617. The number of carbonyl (C=O) groups is 1. The number of ether oxygens (including phenoxy) is 1. The third kappa shape index (κ3) is 3.07. The van der Waals surface area contributed by atoms with E-state index in [0.29, 0.717) is 12.5 Å². The van der Waals surface area contributed by atoms with Crippen LogP contribution >= 0.6 is 0 Å². The summed E-state index contributed by atoms with van der Waals surface area (Å²) in [6, 6.07) is 6.57. The monoisotopic (exact) mass is 332 g/mol. The number of halogens is 1. The number of hydrogen-bond acceptors (Lipinski definition) is 3. The number of hydrogen-bond donors (Lipinski definition) is 0. The van der Waals surface area contributed by atoms with Gasteiger partial charge in [-0.05, 0) is 49.4 Å². The molecule has 0 unspecified atom stereocenters. The van der Waals surface area contributed by atoms with Gasteiger partial charge in [-0.1, -0.05) is 12.1 Å². The summed E-state index contributed by atoms with van der Waals surface area (Å²) < 4.78 is 18.8. The zero-order valence-electron chi connectivity index (χ0n) is 14.0. The van der Waals surface area contributed by atoms with Crippen molar-refractivity contribution in [2.75, 3.05) is 39.4 Å². The van der Waals surface area contributed by atoms with Crippen molar-refractivity contribution < 1.29 is 13.9 Å². The van der Waals surface area contributed by atoms with Gasteiger partial charge in [-0.25, -0.2) is 4.39 Å². The van der Waals surface area contributed by atoms with E-state index in [2.05, 4.69) is 4.90 Å². The van der Waals surface area contributed by atoms with Gasteiger partial charge in [-0.2, -0.15) is 0 Å². The van der Waals surface area contributed by atoms with Crippen molar-refractivity contribution in [1.82, 2.24) is 9.80 Å². The topological polar surface area (TPSA) is 32.8 Å². The molecule has 1 aromatic carbocycles. The fourth-order valence-corrected chi connectivity index (χ4v) is 4.48. The molecule has 0 radical (unpaired) electrons. The van der Waals surface area contributed by atoms with Gasteiger partial charge in [-0.15, -0.1) is 0 Å². The minimum atomic E-state index is -0.236. The van der Waals surface area contributed by atoms with Crippen LogP contribution in [0.3, 0.4) is 0 Å². The molecule has 1 amide bonds. The van der Waals surface area contributed by atoms with Gasteiger partial charge >= 0.3 is 0 Å². The van der Waals surface area contributed by atoms with Crippen LogP contribution in [0.4, 0.5) is 4.39 Å². The third-order valence-electron chi connectivity index (χ3n) is 5.84. The molecule has 3 saturated heterocycles. The number of benzene rings is 1. The second kappa shape index (κ2) is 6.45. The molecule has 0 aliphatic carbocycles. The molecule has 1 spiro atoms. The molecule has 1 aromatic rings. The van der Waals surface area contributed by atoms with Crippen molar-refractivity contribution in [2.45, 2.75) is 25.8 Å². The van der Waals surface area contributed by atoms with Crippen LogP contribution in [0.2, 0.25) is 0 Å². The second-order valence-electron chi connectivity index (χ2n) is 7.60. The first-order chi connectivity index (χ1) is 11.6. The predicted octanol–water partition coefficient (Wildman–Crippen LogP) is 2.29. The van der Waals surface area contributed by atoms with Gasteiger partial charge in [0.2, 0.25) is 5.91 Å². The fraction of sp³-hybridized carbons (Fsp3) is 0.632. The molecule has 130 valence electrons. The molecule has 0 saturated carbocycles. The predicted molar refractivity (Wildman–Crippen MR) is 88.9 cm³/mol. The number of rotatable bonds is 4. The molecular formula is C19H25FN2O2. The summed E-state index contributed by atoms with van der Waals surface area (Å²) in [5, 5.41) is 0. The summed E-state index contributed by atoms with van der Waals surface area (Å²) in [5.41, 5.74) is 0.672. The van der Waals surface area contributed by atoms with Crippen LogP contribution in [0, 0.1) is 17.2 Å². The molecule has 3 heterocycles. The fourth-order valence-electron chi connectivity index (χ4n) is 4.48. The molecule has 3 fully saturated rings. The van der Waals surface area contributed by atoms with Gasteiger partial charge in [0.05, 0.1) is 12.0 Å². The van der Waals surface area contributed by atoms with E-state index in [-0.39, 0.29) is 17.1 Å². The second-order valence-corrected chi connectivity index (χ2v) is 7.60. The first-order valence-electron chi connectivity index (χ1n) is 8.99. The highest BCUT2D eigenvalue weighted by Crippen LogP contribution is 2.41. The highest BCUT2D eigenvalue weighted by atomic mass is 19.1. The normalized spacial score (nSPS) is 30.8. The maximum atomic E-state index is 13.4. The molecule has 5 heteroatoms. The van der Waals surface area contributed by atoms with Crippen molar-refractivity contribution in [3.05, 3.63) is 35.6 Å². The van der Waals surface area contributed by atoms with Gasteiger partial charge in [0, 0.05) is 32.8 Å². The van der Waals surface area contributed by atoms with E-state index in [0.717, 1.165) is 64.2 Å². The molecule has 4 rings (SSSR count). The van der Waals surface area contributed by atoms with Crippen molar-refractivity contribution in [2.24, 2.45) is 11.3 Å². The number of amides is 1. The van der Waals surface area contributed by atoms with Crippen LogP contribution in [-0.4, -0.2) is 55.1 Å². The van der Waals surface area contributed by atoms with Crippen molar-refractivity contribution in [1.29, 1.82) is 0 Å². The zero-order chi connectivity index (χ0) is 16.6. The van der Waals surface area contributed by atoms with E-state index in [1.807, 2.05) is 11.0 Å². The lowest BCUT2D eigenvalue weighted by atomic mass is 9.85. The summed E-state index contributed by atoms with van der Waals surface area (Å²) in [5.74, 6) is 0.650. The van der Waals surface area contributed by atoms with Crippen molar-refractivity contribution in [3.63, 3.8) is 0 Å². The Hall–Kier alpha value is -1.46. The maximum absolute atomic E-state index is 13.4. The maximum Gasteiger partial charge on any atom is 0.230 e. The summed E-state index contributed by atoms with van der Waals surface area (Å²) in [6.07, 6.45) is 3.03. The van der Waals surface area contributed by atoms with E-state index in [4.69, 9.17) is 4.74 Å². The molecule has 2 atom stereocenters. The molecular weight excluding hydrogens is 307 g/mol. The molecule has 24 heavy (non-hydrogen) atoms. The highest BCUT2D eigenvalue weighted by Gasteiger charge is 2.50. The Morgan fingerprint density at radius 2 is 2.17 bits per heavy atom. The van der Waals surface area contributed by atoms with Crippen molar-refractivity contribution >= 4 is 5.91 Å². The lowest BCUT2D eigenvalue weighted by molar-refractivity contribution is -0.136. The van der Waals surface area contributed by atoms with Crippen LogP contribution in [0.5, 0.6) is 0 Å². The number of nitrogens with zero attached hydrogens (tertiary/aromatic N) is 2. The summed E-state index contributed by atoms with van der Waals surface area (Å²) in [4.78, 5) is 17.3. The molecule has 0 bridgehead atoms. The van der Waals surface area contributed by atoms with E-state index in [1.54, 1.807) is 6.07 Å².